The molecule has 0 saturated heterocycles. The van der Waals surface area contributed by atoms with Gasteiger partial charge in [-0.2, -0.15) is 18.3 Å². The van der Waals surface area contributed by atoms with Gasteiger partial charge in [0.2, 0.25) is 0 Å². The van der Waals surface area contributed by atoms with Crippen molar-refractivity contribution in [3.8, 4) is 28.4 Å². The summed E-state index contributed by atoms with van der Waals surface area (Å²) >= 11 is 0. The summed E-state index contributed by atoms with van der Waals surface area (Å²) in [4.78, 5) is 4.55. The largest absolute Gasteiger partial charge is 0.497 e. The van der Waals surface area contributed by atoms with Gasteiger partial charge in [0.05, 0.1) is 42.2 Å². The summed E-state index contributed by atoms with van der Waals surface area (Å²) in [6.07, 6.45) is -4.56. The number of rotatable bonds is 4. The van der Waals surface area contributed by atoms with E-state index in [-0.39, 0.29) is 22.4 Å². The number of ether oxygens (including phenoxy) is 2. The molecule has 0 aliphatic carbocycles. The average molecular weight is 413 g/mol. The van der Waals surface area contributed by atoms with Crippen molar-refractivity contribution in [2.45, 2.75) is 13.1 Å². The molecular formula is C22H18F3N3O2. The van der Waals surface area contributed by atoms with Crippen molar-refractivity contribution < 1.29 is 22.6 Å². The van der Waals surface area contributed by atoms with Crippen LogP contribution in [0.25, 0.3) is 28.0 Å². The van der Waals surface area contributed by atoms with Crippen LogP contribution in [0.1, 0.15) is 11.3 Å². The molecule has 0 spiro atoms. The lowest BCUT2D eigenvalue weighted by Crippen LogP contribution is -2.08. The predicted molar refractivity (Wildman–Crippen MR) is 107 cm³/mol. The lowest BCUT2D eigenvalue weighted by Gasteiger charge is -2.12. The Balaban J connectivity index is 2.01. The van der Waals surface area contributed by atoms with Gasteiger partial charge in [0, 0.05) is 5.56 Å². The third-order valence-electron chi connectivity index (χ3n) is 4.80. The Bertz CT molecular complexity index is 1220. The predicted octanol–water partition coefficient (Wildman–Crippen LogP) is 5.43. The SMILES string of the molecule is COc1ccc(-n2nc(C)c3c(C(F)(F)F)cc(-c4cccc(OC)c4)nc32)cc1. The van der Waals surface area contributed by atoms with Crippen LogP contribution in [0.15, 0.2) is 54.6 Å². The number of aryl methyl sites for hydroxylation is 1. The number of hydrogen-bond acceptors (Lipinski definition) is 4. The van der Waals surface area contributed by atoms with Crippen LogP contribution in [0.2, 0.25) is 0 Å². The van der Waals surface area contributed by atoms with Crippen molar-refractivity contribution in [1.29, 1.82) is 0 Å². The van der Waals surface area contributed by atoms with E-state index in [1.165, 1.54) is 11.8 Å². The second-order valence-electron chi connectivity index (χ2n) is 6.68. The third kappa shape index (κ3) is 3.45. The molecule has 8 heteroatoms. The normalized spacial score (nSPS) is 11.7. The molecule has 0 amide bonds. The van der Waals surface area contributed by atoms with Gasteiger partial charge < -0.3 is 9.47 Å². The number of halogens is 3. The molecule has 2 heterocycles. The summed E-state index contributed by atoms with van der Waals surface area (Å²) in [6.45, 7) is 1.55. The number of nitrogens with zero attached hydrogens (tertiary/aromatic N) is 3. The molecule has 0 atom stereocenters. The first-order valence-corrected chi connectivity index (χ1v) is 9.08. The standard InChI is InChI=1S/C22H18F3N3O2/c1-13-20-18(22(23,24)25)12-19(14-5-4-6-17(11-14)30-3)26-21(20)28(27-13)15-7-9-16(29-2)10-8-15/h4-12H,1-3H3. The summed E-state index contributed by atoms with van der Waals surface area (Å²) in [5, 5.41) is 4.32. The summed E-state index contributed by atoms with van der Waals surface area (Å²) in [6, 6.07) is 14.7. The maximum Gasteiger partial charge on any atom is 0.417 e. The van der Waals surface area contributed by atoms with Crippen molar-refractivity contribution in [2.75, 3.05) is 14.2 Å². The van der Waals surface area contributed by atoms with Crippen LogP contribution < -0.4 is 9.47 Å². The quantitative estimate of drug-likeness (QED) is 0.448. The molecule has 30 heavy (non-hydrogen) atoms. The minimum Gasteiger partial charge on any atom is -0.497 e. The Labute approximate surface area is 170 Å². The van der Waals surface area contributed by atoms with E-state index >= 15 is 0 Å². The molecular weight excluding hydrogens is 395 g/mol. The number of fused-ring (bicyclic) bond motifs is 1. The average Bonchev–Trinajstić information content (AvgIpc) is 3.09. The second-order valence-corrected chi connectivity index (χ2v) is 6.68. The van der Waals surface area contributed by atoms with Crippen LogP contribution in [0.3, 0.4) is 0 Å². The molecule has 0 aliphatic heterocycles. The number of benzene rings is 2. The molecule has 154 valence electrons. The smallest absolute Gasteiger partial charge is 0.417 e. The Morgan fingerprint density at radius 1 is 0.900 bits per heavy atom. The molecule has 0 saturated carbocycles. The minimum atomic E-state index is -4.56. The van der Waals surface area contributed by atoms with E-state index < -0.39 is 11.7 Å². The van der Waals surface area contributed by atoms with Gasteiger partial charge in [-0.15, -0.1) is 0 Å². The molecule has 0 bridgehead atoms. The Morgan fingerprint density at radius 2 is 1.60 bits per heavy atom. The third-order valence-corrected chi connectivity index (χ3v) is 4.80. The van der Waals surface area contributed by atoms with Gasteiger partial charge in [-0.05, 0) is 49.4 Å². The van der Waals surface area contributed by atoms with Crippen molar-refractivity contribution in [2.24, 2.45) is 0 Å². The molecule has 2 aromatic heterocycles. The van der Waals surface area contributed by atoms with E-state index in [9.17, 15) is 13.2 Å². The first-order chi connectivity index (χ1) is 14.3. The number of alkyl halides is 3. The molecule has 4 aromatic rings. The Morgan fingerprint density at radius 3 is 2.23 bits per heavy atom. The van der Waals surface area contributed by atoms with Crippen LogP contribution in [0, 0.1) is 6.92 Å². The Kier molecular flexibility index (Phi) is 4.85. The molecule has 0 N–H and O–H groups in total. The summed E-state index contributed by atoms with van der Waals surface area (Å²) in [5.41, 5.74) is 0.883. The summed E-state index contributed by atoms with van der Waals surface area (Å²) in [7, 11) is 3.04. The number of pyridine rings is 1. The van der Waals surface area contributed by atoms with Crippen LogP contribution in [-0.4, -0.2) is 29.0 Å². The fraction of sp³-hybridized carbons (Fsp3) is 0.182. The summed E-state index contributed by atoms with van der Waals surface area (Å²) in [5.74, 6) is 1.16. The zero-order valence-corrected chi connectivity index (χ0v) is 16.5. The first kappa shape index (κ1) is 19.8. The first-order valence-electron chi connectivity index (χ1n) is 9.08. The lowest BCUT2D eigenvalue weighted by atomic mass is 10.0. The van der Waals surface area contributed by atoms with E-state index in [0.717, 1.165) is 6.07 Å². The fourth-order valence-corrected chi connectivity index (χ4v) is 3.35. The highest BCUT2D eigenvalue weighted by Gasteiger charge is 2.35. The van der Waals surface area contributed by atoms with Crippen molar-refractivity contribution >= 4 is 11.0 Å². The Hall–Kier alpha value is -3.55. The number of aromatic nitrogens is 3. The van der Waals surface area contributed by atoms with Gasteiger partial charge in [-0.25, -0.2) is 9.67 Å². The number of methoxy groups -OCH3 is 2. The maximum atomic E-state index is 13.9. The highest BCUT2D eigenvalue weighted by Crippen LogP contribution is 2.39. The minimum absolute atomic E-state index is 0.0232. The van der Waals surface area contributed by atoms with Gasteiger partial charge in [0.1, 0.15) is 11.5 Å². The highest BCUT2D eigenvalue weighted by molar-refractivity contribution is 5.87. The topological polar surface area (TPSA) is 49.2 Å². The van der Waals surface area contributed by atoms with Crippen molar-refractivity contribution in [3.63, 3.8) is 0 Å². The van der Waals surface area contributed by atoms with E-state index in [2.05, 4.69) is 10.1 Å². The molecule has 0 unspecified atom stereocenters. The van der Waals surface area contributed by atoms with Crippen LogP contribution in [-0.2, 0) is 6.18 Å². The van der Waals surface area contributed by atoms with Gasteiger partial charge in [0.15, 0.2) is 5.65 Å². The zero-order valence-electron chi connectivity index (χ0n) is 16.5. The van der Waals surface area contributed by atoms with E-state index in [0.29, 0.717) is 22.7 Å². The van der Waals surface area contributed by atoms with Crippen molar-refractivity contribution in [3.05, 3.63) is 65.9 Å². The molecule has 0 radical (unpaired) electrons. The molecule has 0 fully saturated rings. The van der Waals surface area contributed by atoms with E-state index in [4.69, 9.17) is 9.47 Å². The van der Waals surface area contributed by atoms with Crippen LogP contribution in [0.4, 0.5) is 13.2 Å². The van der Waals surface area contributed by atoms with Gasteiger partial charge in [-0.3, -0.25) is 0 Å². The molecule has 0 aliphatic rings. The van der Waals surface area contributed by atoms with E-state index in [1.807, 2.05) is 0 Å². The van der Waals surface area contributed by atoms with Crippen molar-refractivity contribution in [1.82, 2.24) is 14.8 Å². The van der Waals surface area contributed by atoms with Gasteiger partial charge in [-0.1, -0.05) is 12.1 Å². The number of hydrogen-bond donors (Lipinski definition) is 0. The highest BCUT2D eigenvalue weighted by atomic mass is 19.4. The van der Waals surface area contributed by atoms with Gasteiger partial charge >= 0.3 is 6.18 Å². The lowest BCUT2D eigenvalue weighted by molar-refractivity contribution is -0.136. The summed E-state index contributed by atoms with van der Waals surface area (Å²) < 4.78 is 53.6. The monoisotopic (exact) mass is 413 g/mol. The molecule has 2 aromatic carbocycles. The van der Waals surface area contributed by atoms with E-state index in [1.54, 1.807) is 62.6 Å². The molecule has 5 nitrogen and oxygen atoms in total. The zero-order chi connectivity index (χ0) is 21.5. The van der Waals surface area contributed by atoms with Crippen LogP contribution >= 0.6 is 0 Å². The van der Waals surface area contributed by atoms with Gasteiger partial charge in [0.25, 0.3) is 0 Å². The maximum absolute atomic E-state index is 13.9. The fourth-order valence-electron chi connectivity index (χ4n) is 3.35. The van der Waals surface area contributed by atoms with Crippen LogP contribution in [0.5, 0.6) is 11.5 Å². The second kappa shape index (κ2) is 7.37. The molecule has 4 rings (SSSR count).